The van der Waals surface area contributed by atoms with E-state index in [1.54, 1.807) is 30.3 Å². The number of methoxy groups -OCH3 is 1. The molecule has 6 heteroatoms. The van der Waals surface area contributed by atoms with Crippen LogP contribution in [0.5, 0.6) is 5.75 Å². The maximum atomic E-state index is 12.3. The van der Waals surface area contributed by atoms with Crippen molar-refractivity contribution in [2.24, 2.45) is 0 Å². The molecule has 0 spiro atoms. The molecule has 0 radical (unpaired) electrons. The predicted molar refractivity (Wildman–Crippen MR) is 101 cm³/mol. The maximum absolute atomic E-state index is 12.3. The van der Waals surface area contributed by atoms with E-state index in [1.807, 2.05) is 12.1 Å². The van der Waals surface area contributed by atoms with Crippen LogP contribution in [0.25, 0.3) is 0 Å². The minimum atomic E-state index is -0.460. The van der Waals surface area contributed by atoms with Gasteiger partial charge >= 0.3 is 0 Å². The smallest absolute Gasteiger partial charge is 0.273 e. The monoisotopic (exact) mass is 404 g/mol. The number of rotatable bonds is 3. The number of hydrogen-bond acceptors (Lipinski definition) is 3. The van der Waals surface area contributed by atoms with E-state index in [9.17, 15) is 9.59 Å². The number of hydrazine groups is 1. The van der Waals surface area contributed by atoms with Crippen molar-refractivity contribution in [2.45, 2.75) is 26.2 Å². The lowest BCUT2D eigenvalue weighted by Gasteiger charge is -2.19. The molecule has 0 fully saturated rings. The zero-order chi connectivity index (χ0) is 18.6. The molecule has 0 aliphatic rings. The molecule has 0 aliphatic heterocycles. The summed E-state index contributed by atoms with van der Waals surface area (Å²) in [6.45, 7) is 6.31. The maximum Gasteiger partial charge on any atom is 0.273 e. The molecule has 5 nitrogen and oxygen atoms in total. The van der Waals surface area contributed by atoms with Crippen molar-refractivity contribution < 1.29 is 14.3 Å². The van der Waals surface area contributed by atoms with Crippen molar-refractivity contribution in [3.05, 3.63) is 63.6 Å². The lowest BCUT2D eigenvalue weighted by Crippen LogP contribution is -2.41. The van der Waals surface area contributed by atoms with Gasteiger partial charge in [0.15, 0.2) is 0 Å². The molecule has 2 rings (SSSR count). The van der Waals surface area contributed by atoms with Crippen LogP contribution in [0.15, 0.2) is 46.9 Å². The van der Waals surface area contributed by atoms with Crippen LogP contribution in [-0.2, 0) is 5.41 Å². The van der Waals surface area contributed by atoms with Crippen LogP contribution in [0.4, 0.5) is 0 Å². The molecule has 2 amide bonds. The van der Waals surface area contributed by atoms with Crippen molar-refractivity contribution in [3.63, 3.8) is 0 Å². The third-order valence-corrected chi connectivity index (χ3v) is 4.20. The van der Waals surface area contributed by atoms with Crippen molar-refractivity contribution in [2.75, 3.05) is 7.11 Å². The molecule has 25 heavy (non-hydrogen) atoms. The molecule has 0 aromatic heterocycles. The number of hydrogen-bond donors (Lipinski definition) is 2. The van der Waals surface area contributed by atoms with Gasteiger partial charge in [-0.1, -0.05) is 48.8 Å². The molecule has 0 aliphatic carbocycles. The number of halogens is 1. The number of carbonyl (C=O) groups excluding carboxylic acids is 2. The van der Waals surface area contributed by atoms with Gasteiger partial charge in [0.1, 0.15) is 5.75 Å². The highest BCUT2D eigenvalue weighted by atomic mass is 79.9. The zero-order valence-corrected chi connectivity index (χ0v) is 16.2. The highest BCUT2D eigenvalue weighted by molar-refractivity contribution is 9.10. The van der Waals surface area contributed by atoms with Gasteiger partial charge in [0.25, 0.3) is 11.8 Å². The van der Waals surface area contributed by atoms with Crippen LogP contribution in [0.3, 0.4) is 0 Å². The van der Waals surface area contributed by atoms with E-state index in [0.717, 1.165) is 10.0 Å². The van der Waals surface area contributed by atoms with E-state index in [4.69, 9.17) is 4.74 Å². The SMILES string of the molecule is COc1ccc(Br)cc1C(=O)NNC(=O)c1ccc(C(C)(C)C)cc1. The van der Waals surface area contributed by atoms with Gasteiger partial charge in [-0.25, -0.2) is 0 Å². The Hall–Kier alpha value is -2.34. The standard InChI is InChI=1S/C19H21BrN2O3/c1-19(2,3)13-7-5-12(6-8-13)17(23)21-22-18(24)15-11-14(20)9-10-16(15)25-4/h5-11H,1-4H3,(H,21,23)(H,22,24). The fraction of sp³-hybridized carbons (Fsp3) is 0.263. The molecular formula is C19H21BrN2O3. The Morgan fingerprint density at radius 2 is 1.56 bits per heavy atom. The van der Waals surface area contributed by atoms with Crippen molar-refractivity contribution in [1.82, 2.24) is 10.9 Å². The highest BCUT2D eigenvalue weighted by Crippen LogP contribution is 2.23. The molecule has 0 atom stereocenters. The first-order chi connectivity index (χ1) is 11.7. The Balaban J connectivity index is 2.05. The second-order valence-electron chi connectivity index (χ2n) is 6.58. The normalized spacial score (nSPS) is 10.9. The highest BCUT2D eigenvalue weighted by Gasteiger charge is 2.16. The van der Waals surface area contributed by atoms with Crippen LogP contribution >= 0.6 is 15.9 Å². The van der Waals surface area contributed by atoms with E-state index in [0.29, 0.717) is 16.9 Å². The fourth-order valence-corrected chi connectivity index (χ4v) is 2.59. The van der Waals surface area contributed by atoms with Gasteiger partial charge in [-0.2, -0.15) is 0 Å². The fourth-order valence-electron chi connectivity index (χ4n) is 2.23. The first-order valence-corrected chi connectivity index (χ1v) is 8.56. The minimum Gasteiger partial charge on any atom is -0.496 e. The van der Waals surface area contributed by atoms with Crippen LogP contribution < -0.4 is 15.6 Å². The van der Waals surface area contributed by atoms with Gasteiger partial charge in [-0.15, -0.1) is 0 Å². The second-order valence-corrected chi connectivity index (χ2v) is 7.50. The summed E-state index contributed by atoms with van der Waals surface area (Å²) >= 11 is 3.31. The summed E-state index contributed by atoms with van der Waals surface area (Å²) in [7, 11) is 1.48. The molecular weight excluding hydrogens is 384 g/mol. The summed E-state index contributed by atoms with van der Waals surface area (Å²) in [6.07, 6.45) is 0. The van der Waals surface area contributed by atoms with Crippen LogP contribution in [-0.4, -0.2) is 18.9 Å². The summed E-state index contributed by atoms with van der Waals surface area (Å²) in [5.74, 6) is -0.426. The van der Waals surface area contributed by atoms with E-state index >= 15 is 0 Å². The average Bonchev–Trinajstić information content (AvgIpc) is 2.58. The number of carbonyl (C=O) groups is 2. The molecule has 0 saturated carbocycles. The van der Waals surface area contributed by atoms with Crippen molar-refractivity contribution >= 4 is 27.7 Å². The van der Waals surface area contributed by atoms with Gasteiger partial charge in [0.05, 0.1) is 12.7 Å². The van der Waals surface area contributed by atoms with Crippen LogP contribution in [0.2, 0.25) is 0 Å². The first-order valence-electron chi connectivity index (χ1n) is 7.77. The van der Waals surface area contributed by atoms with E-state index in [1.165, 1.54) is 7.11 Å². The lowest BCUT2D eigenvalue weighted by atomic mass is 9.87. The third-order valence-electron chi connectivity index (χ3n) is 3.71. The number of ether oxygens (including phenoxy) is 1. The van der Waals surface area contributed by atoms with Crippen LogP contribution in [0, 0.1) is 0 Å². The molecule has 132 valence electrons. The van der Waals surface area contributed by atoms with Crippen LogP contribution in [0.1, 0.15) is 47.1 Å². The molecule has 2 N–H and O–H groups in total. The Bertz CT molecular complexity index is 780. The summed E-state index contributed by atoms with van der Waals surface area (Å²) in [5.41, 5.74) is 6.75. The van der Waals surface area contributed by atoms with E-state index in [2.05, 4.69) is 47.6 Å². The summed E-state index contributed by atoms with van der Waals surface area (Å²) < 4.78 is 5.90. The largest absolute Gasteiger partial charge is 0.496 e. The quantitative estimate of drug-likeness (QED) is 0.763. The summed E-state index contributed by atoms with van der Waals surface area (Å²) in [4.78, 5) is 24.5. The number of nitrogens with one attached hydrogen (secondary N) is 2. The molecule has 0 saturated heterocycles. The molecule has 0 unspecified atom stereocenters. The molecule has 2 aromatic rings. The average molecular weight is 405 g/mol. The predicted octanol–water partition coefficient (Wildman–Crippen LogP) is 3.83. The first kappa shape index (κ1) is 19.0. The van der Waals surface area contributed by atoms with E-state index in [-0.39, 0.29) is 11.3 Å². The Labute approximate surface area is 155 Å². The molecule has 0 bridgehead atoms. The Morgan fingerprint density at radius 3 is 2.12 bits per heavy atom. The minimum absolute atomic E-state index is 0.0144. The third kappa shape index (κ3) is 4.82. The van der Waals surface area contributed by atoms with Gasteiger partial charge < -0.3 is 4.74 Å². The van der Waals surface area contributed by atoms with Crippen molar-refractivity contribution in [1.29, 1.82) is 0 Å². The van der Waals surface area contributed by atoms with Crippen molar-refractivity contribution in [3.8, 4) is 5.75 Å². The Kier molecular flexibility index (Phi) is 5.85. The van der Waals surface area contributed by atoms with E-state index < -0.39 is 5.91 Å². The molecule has 0 heterocycles. The lowest BCUT2D eigenvalue weighted by molar-refractivity contribution is 0.0845. The van der Waals surface area contributed by atoms with Gasteiger partial charge in [-0.3, -0.25) is 20.4 Å². The van der Waals surface area contributed by atoms with Gasteiger partial charge in [0.2, 0.25) is 0 Å². The summed E-state index contributed by atoms with van der Waals surface area (Å²) in [6, 6.07) is 12.4. The van der Waals surface area contributed by atoms with Gasteiger partial charge in [0, 0.05) is 10.0 Å². The zero-order valence-electron chi connectivity index (χ0n) is 14.6. The van der Waals surface area contributed by atoms with Gasteiger partial charge in [-0.05, 0) is 41.3 Å². The Morgan fingerprint density at radius 1 is 0.960 bits per heavy atom. The second kappa shape index (κ2) is 7.70. The number of benzene rings is 2. The summed E-state index contributed by atoms with van der Waals surface area (Å²) in [5, 5.41) is 0. The molecule has 2 aromatic carbocycles. The topological polar surface area (TPSA) is 67.4 Å². The number of amides is 2.